The van der Waals surface area contributed by atoms with Gasteiger partial charge in [-0.15, -0.1) is 0 Å². The number of ketones is 1. The molecule has 2 aromatic carbocycles. The maximum Gasteiger partial charge on any atom is 0.410 e. The molecule has 0 aliphatic heterocycles. The van der Waals surface area contributed by atoms with Crippen molar-refractivity contribution in [2.45, 2.75) is 39.3 Å². The largest absolute Gasteiger partial charge is 0.495 e. The molecule has 0 aliphatic rings. The Morgan fingerprint density at radius 3 is 2.40 bits per heavy atom. The number of rotatable bonds is 8. The van der Waals surface area contributed by atoms with Gasteiger partial charge in [0.05, 0.1) is 34.6 Å². The second-order valence-electron chi connectivity index (χ2n) is 8.24. The third-order valence-corrected chi connectivity index (χ3v) is 5.54. The number of nitro benzene ring substituents is 1. The van der Waals surface area contributed by atoms with Crippen LogP contribution >= 0.6 is 27.5 Å². The van der Waals surface area contributed by atoms with Gasteiger partial charge in [0, 0.05) is 17.2 Å². The van der Waals surface area contributed by atoms with Crippen LogP contribution in [0.15, 0.2) is 28.7 Å². The molecule has 1 amide bonds. The zero-order chi connectivity index (χ0) is 26.7. The van der Waals surface area contributed by atoms with Gasteiger partial charge in [-0.05, 0) is 54.9 Å². The summed E-state index contributed by atoms with van der Waals surface area (Å²) in [7, 11) is 1.18. The molecule has 2 aromatic rings. The number of methoxy groups -OCH3 is 1. The Morgan fingerprint density at radius 2 is 1.89 bits per heavy atom. The van der Waals surface area contributed by atoms with Crippen molar-refractivity contribution >= 4 is 45.1 Å². The summed E-state index contributed by atoms with van der Waals surface area (Å²) in [6.45, 7) is 3.06. The minimum Gasteiger partial charge on any atom is -0.495 e. The van der Waals surface area contributed by atoms with Crippen LogP contribution in [0.2, 0.25) is 5.02 Å². The Labute approximate surface area is 212 Å². The monoisotopic (exact) mass is 580 g/mol. The fourth-order valence-electron chi connectivity index (χ4n) is 3.08. The summed E-state index contributed by atoms with van der Waals surface area (Å²) in [5, 5.41) is 11.7. The summed E-state index contributed by atoms with van der Waals surface area (Å²) in [6.07, 6.45) is -4.01. The van der Waals surface area contributed by atoms with E-state index in [1.165, 1.54) is 7.11 Å². The first kappa shape index (κ1) is 28.4. The lowest BCUT2D eigenvalue weighted by Crippen LogP contribution is -2.39. The molecule has 0 unspecified atom stereocenters. The molecule has 0 heterocycles. The van der Waals surface area contributed by atoms with Crippen molar-refractivity contribution in [3.05, 3.63) is 66.4 Å². The van der Waals surface area contributed by atoms with Gasteiger partial charge in [-0.3, -0.25) is 19.8 Å². The second-order valence-corrected chi connectivity index (χ2v) is 9.44. The lowest BCUT2D eigenvalue weighted by atomic mass is 9.98. The number of nitro groups is 1. The quantitative estimate of drug-likeness (QED) is 0.203. The summed E-state index contributed by atoms with van der Waals surface area (Å²) >= 11 is 9.11. The van der Waals surface area contributed by atoms with Crippen molar-refractivity contribution in [2.24, 2.45) is 0 Å². The number of ether oxygens (including phenoxy) is 2. The first-order valence-corrected chi connectivity index (χ1v) is 11.1. The molecule has 0 atom stereocenters. The number of benzene rings is 2. The summed E-state index contributed by atoms with van der Waals surface area (Å²) < 4.78 is 50.4. The van der Waals surface area contributed by atoms with Crippen LogP contribution < -0.4 is 4.74 Å². The Bertz CT molecular complexity index is 1160. The van der Waals surface area contributed by atoms with Crippen LogP contribution in [0.3, 0.4) is 0 Å². The number of nitrogens with zero attached hydrogens (tertiary/aromatic N) is 2. The Morgan fingerprint density at radius 1 is 1.26 bits per heavy atom. The molecule has 13 heteroatoms. The van der Waals surface area contributed by atoms with E-state index in [0.29, 0.717) is 4.90 Å². The average molecular weight is 582 g/mol. The van der Waals surface area contributed by atoms with E-state index >= 15 is 0 Å². The first-order chi connectivity index (χ1) is 16.2. The molecule has 0 fully saturated rings. The van der Waals surface area contributed by atoms with Crippen LogP contribution in [0.25, 0.3) is 0 Å². The Balaban J connectivity index is 2.66. The van der Waals surface area contributed by atoms with Crippen molar-refractivity contribution in [3.8, 4) is 5.75 Å². The fourth-order valence-corrected chi connectivity index (χ4v) is 4.08. The highest BCUT2D eigenvalue weighted by atomic mass is 79.9. The molecule has 0 saturated heterocycles. The summed E-state index contributed by atoms with van der Waals surface area (Å²) in [4.78, 5) is 37.3. The van der Waals surface area contributed by atoms with Gasteiger partial charge in [-0.2, -0.15) is 0 Å². The number of carbonyl (C=O) groups excluding carboxylic acids is 2. The molecular formula is C22H21BrClF3N2O6. The summed E-state index contributed by atoms with van der Waals surface area (Å²) in [6, 6.07) is 3.89. The molecule has 8 nitrogen and oxygen atoms in total. The van der Waals surface area contributed by atoms with E-state index in [0.717, 1.165) is 24.3 Å². The smallest absolute Gasteiger partial charge is 0.410 e. The molecule has 0 aliphatic carbocycles. The van der Waals surface area contributed by atoms with E-state index in [1.54, 1.807) is 20.8 Å². The maximum absolute atomic E-state index is 13.7. The number of halogens is 5. The molecule has 0 bridgehead atoms. The molecular weight excluding hydrogens is 561 g/mol. The third-order valence-electron chi connectivity index (χ3n) is 4.45. The van der Waals surface area contributed by atoms with Gasteiger partial charge in [-0.1, -0.05) is 11.6 Å². The Kier molecular flexibility index (Phi) is 9.12. The molecule has 0 aromatic heterocycles. The van der Waals surface area contributed by atoms with Crippen molar-refractivity contribution in [1.82, 2.24) is 4.90 Å². The average Bonchev–Trinajstić information content (AvgIpc) is 2.72. The number of hydrogen-bond donors (Lipinski definition) is 0. The van der Waals surface area contributed by atoms with Crippen LogP contribution in [-0.4, -0.2) is 47.4 Å². The van der Waals surface area contributed by atoms with E-state index in [1.807, 2.05) is 0 Å². The molecule has 0 N–H and O–H groups in total. The zero-order valence-electron chi connectivity index (χ0n) is 19.0. The van der Waals surface area contributed by atoms with Crippen LogP contribution in [0, 0.1) is 15.9 Å². The van der Waals surface area contributed by atoms with Crippen LogP contribution in [0.4, 0.5) is 23.7 Å². The van der Waals surface area contributed by atoms with E-state index in [-0.39, 0.29) is 26.4 Å². The van der Waals surface area contributed by atoms with Gasteiger partial charge >= 0.3 is 6.09 Å². The number of alkyl halides is 2. The number of carbonyl (C=O) groups is 2. The predicted molar refractivity (Wildman–Crippen MR) is 125 cm³/mol. The maximum atomic E-state index is 13.7. The first-order valence-electron chi connectivity index (χ1n) is 9.95. The predicted octanol–water partition coefficient (Wildman–Crippen LogP) is 6.39. The second kappa shape index (κ2) is 11.3. The van der Waals surface area contributed by atoms with Crippen LogP contribution in [0.5, 0.6) is 5.75 Å². The van der Waals surface area contributed by atoms with Gasteiger partial charge in [0.15, 0.2) is 0 Å². The van der Waals surface area contributed by atoms with E-state index in [9.17, 15) is 32.9 Å². The molecule has 190 valence electrons. The van der Waals surface area contributed by atoms with Gasteiger partial charge in [-0.25, -0.2) is 18.0 Å². The summed E-state index contributed by atoms with van der Waals surface area (Å²) in [5.74, 6) is -1.90. The van der Waals surface area contributed by atoms with Crippen molar-refractivity contribution in [3.63, 3.8) is 0 Å². The molecule has 0 radical (unpaired) electrons. The highest BCUT2D eigenvalue weighted by molar-refractivity contribution is 9.10. The van der Waals surface area contributed by atoms with Gasteiger partial charge < -0.3 is 9.47 Å². The molecule has 0 saturated carbocycles. The standard InChI is InChI=1S/C22H21BrClF3N2O6/c1-22(2,3)35-21(31)28(10-16(26)27)9-11-7-15(29(32)33)17(18(23)20(11)34-4)19(30)13-8-12(25)5-6-14(13)24/h5-8,16H,9-10H2,1-4H3. The van der Waals surface area contributed by atoms with E-state index < -0.39 is 59.0 Å². The highest BCUT2D eigenvalue weighted by Gasteiger charge is 2.33. The van der Waals surface area contributed by atoms with Gasteiger partial charge in [0.2, 0.25) is 5.78 Å². The molecule has 2 rings (SSSR count). The van der Waals surface area contributed by atoms with E-state index in [2.05, 4.69) is 15.9 Å². The topological polar surface area (TPSA) is 99.0 Å². The SMILES string of the molecule is COc1c(CN(CC(F)F)C(=O)OC(C)(C)C)cc([N+](=O)[O-])c(C(=O)c2cc(F)ccc2Cl)c1Br. The fraction of sp³-hybridized carbons (Fsp3) is 0.364. The van der Waals surface area contributed by atoms with Crippen LogP contribution in [0.1, 0.15) is 42.3 Å². The lowest BCUT2D eigenvalue weighted by molar-refractivity contribution is -0.385. The Hall–Kier alpha value is -2.86. The van der Waals surface area contributed by atoms with Crippen molar-refractivity contribution in [2.75, 3.05) is 13.7 Å². The summed E-state index contributed by atoms with van der Waals surface area (Å²) in [5.41, 5.74) is -2.62. The molecule has 0 spiro atoms. The van der Waals surface area contributed by atoms with E-state index in [4.69, 9.17) is 21.1 Å². The normalized spacial score (nSPS) is 11.4. The van der Waals surface area contributed by atoms with Crippen molar-refractivity contribution < 1.29 is 37.2 Å². The van der Waals surface area contributed by atoms with Gasteiger partial charge in [0.1, 0.15) is 22.7 Å². The lowest BCUT2D eigenvalue weighted by Gasteiger charge is -2.28. The van der Waals surface area contributed by atoms with Crippen LogP contribution in [-0.2, 0) is 11.3 Å². The third kappa shape index (κ3) is 7.07. The minimum atomic E-state index is -2.93. The number of hydrogen-bond acceptors (Lipinski definition) is 6. The zero-order valence-corrected chi connectivity index (χ0v) is 21.4. The highest BCUT2D eigenvalue weighted by Crippen LogP contribution is 2.41. The molecule has 35 heavy (non-hydrogen) atoms. The van der Waals surface area contributed by atoms with Crippen molar-refractivity contribution in [1.29, 1.82) is 0 Å². The minimum absolute atomic E-state index is 0.0560. The number of amides is 1. The van der Waals surface area contributed by atoms with Gasteiger partial charge in [0.25, 0.3) is 12.1 Å².